The number of hydrogen-bond acceptors (Lipinski definition) is 19. The number of fused-ring (bicyclic) bond motifs is 6. The fourth-order valence-corrected chi connectivity index (χ4v) is 9.13. The number of carbonyl (C=O) groups excluding carboxylic acids is 6. The summed E-state index contributed by atoms with van der Waals surface area (Å²) in [6.07, 6.45) is -0.388. The zero-order valence-corrected chi connectivity index (χ0v) is 50.5. The fraction of sp³-hybridized carbons (Fsp3) is 0.311. The van der Waals surface area contributed by atoms with Crippen molar-refractivity contribution in [3.8, 4) is 0 Å². The van der Waals surface area contributed by atoms with Gasteiger partial charge in [-0.25, -0.2) is 4.79 Å². The molecule has 12 rings (SSSR count). The number of aliphatic hydroxyl groups is 1. The van der Waals surface area contributed by atoms with E-state index in [9.17, 15) is 28.8 Å². The Labute approximate surface area is 500 Å². The van der Waals surface area contributed by atoms with Gasteiger partial charge in [0.2, 0.25) is 29.5 Å². The number of carbonyl (C=O) groups is 6. The van der Waals surface area contributed by atoms with Gasteiger partial charge in [0.25, 0.3) is 0 Å². The van der Waals surface area contributed by atoms with Crippen LogP contribution in [0.4, 0.5) is 101 Å². The van der Waals surface area contributed by atoms with Gasteiger partial charge < -0.3 is 94.1 Å². The molecule has 0 saturated heterocycles. The molecular formula is C61H79N17O8. The summed E-state index contributed by atoms with van der Waals surface area (Å²) in [5.41, 5.74) is 15.6. The molecule has 0 spiro atoms. The SMILES string of the molecule is CNc1ccc2c(c1)NC(=O)C(C)(C)N2.CNc1ccc2c(c1)NC(=O)C(C)(C)N2C.CNc1ccc2c(c1)NC(=O)C(CO)N2.CNc1ccc2c(c1)NC(=O)CN2.CNc1ccc2c(c1)NC(=O)CN2C.CNc1ccc2c(c1)NC(=O)OC2. The lowest BCUT2D eigenvalue weighted by Gasteiger charge is -2.41. The van der Waals surface area contributed by atoms with E-state index in [0.29, 0.717) is 19.7 Å². The van der Waals surface area contributed by atoms with Crippen LogP contribution in [0.1, 0.15) is 33.3 Å². The molecule has 0 bridgehead atoms. The average molecular weight is 1180 g/mol. The third kappa shape index (κ3) is 15.5. The van der Waals surface area contributed by atoms with E-state index in [0.717, 1.165) is 102 Å². The van der Waals surface area contributed by atoms with E-state index in [1.807, 2.05) is 203 Å². The number of benzene rings is 6. The molecular weight excluding hydrogens is 1100 g/mol. The van der Waals surface area contributed by atoms with Crippen molar-refractivity contribution in [2.75, 3.05) is 166 Å². The number of anilines is 17. The Morgan fingerprint density at radius 1 is 0.500 bits per heavy atom. The topological polar surface area (TPSA) is 319 Å². The molecule has 6 aliphatic heterocycles. The summed E-state index contributed by atoms with van der Waals surface area (Å²) in [7, 11) is 14.9. The Balaban J connectivity index is 0.000000148. The minimum absolute atomic E-state index is 0.000697. The molecule has 1 atom stereocenters. The van der Waals surface area contributed by atoms with E-state index in [1.165, 1.54) is 0 Å². The third-order valence-corrected chi connectivity index (χ3v) is 14.6. The Morgan fingerprint density at radius 3 is 1.52 bits per heavy atom. The summed E-state index contributed by atoms with van der Waals surface area (Å²) in [5, 5.41) is 53.1. The van der Waals surface area contributed by atoms with Crippen molar-refractivity contribution in [3.63, 3.8) is 0 Å². The molecule has 6 amide bonds. The molecule has 6 aromatic rings. The van der Waals surface area contributed by atoms with Crippen molar-refractivity contribution in [2.45, 2.75) is 51.4 Å². The first-order valence-electron chi connectivity index (χ1n) is 27.7. The molecule has 6 aromatic carbocycles. The maximum Gasteiger partial charge on any atom is 0.411 e. The number of nitrogens with zero attached hydrogens (tertiary/aromatic N) is 2. The molecule has 0 aromatic heterocycles. The maximum absolute atomic E-state index is 11.9. The molecule has 25 nitrogen and oxygen atoms in total. The Morgan fingerprint density at radius 2 is 0.953 bits per heavy atom. The van der Waals surface area contributed by atoms with Crippen molar-refractivity contribution in [3.05, 3.63) is 115 Å². The molecule has 456 valence electrons. The van der Waals surface area contributed by atoms with Crippen LogP contribution in [-0.2, 0) is 35.3 Å². The van der Waals surface area contributed by atoms with Crippen molar-refractivity contribution in [1.29, 1.82) is 0 Å². The first-order valence-corrected chi connectivity index (χ1v) is 27.7. The molecule has 0 fully saturated rings. The quantitative estimate of drug-likeness (QED) is 0.0716. The van der Waals surface area contributed by atoms with Gasteiger partial charge in [-0.05, 0) is 131 Å². The lowest BCUT2D eigenvalue weighted by atomic mass is 9.97. The highest BCUT2D eigenvalue weighted by molar-refractivity contribution is 6.08. The van der Waals surface area contributed by atoms with Gasteiger partial charge in [-0.1, -0.05) is 6.07 Å². The van der Waals surface area contributed by atoms with Crippen LogP contribution >= 0.6 is 0 Å². The fourth-order valence-electron chi connectivity index (χ4n) is 9.13. The van der Waals surface area contributed by atoms with Gasteiger partial charge in [-0.2, -0.15) is 0 Å². The van der Waals surface area contributed by atoms with Crippen LogP contribution in [0.3, 0.4) is 0 Å². The average Bonchev–Trinajstić information content (AvgIpc) is 3.64. The molecule has 6 aliphatic rings. The first-order chi connectivity index (χ1) is 41.0. The number of ether oxygens (including phenoxy) is 1. The van der Waals surface area contributed by atoms with Crippen LogP contribution in [0.15, 0.2) is 109 Å². The monoisotopic (exact) mass is 1180 g/mol. The summed E-state index contributed by atoms with van der Waals surface area (Å²) in [4.78, 5) is 72.1. The maximum atomic E-state index is 11.9. The van der Waals surface area contributed by atoms with Gasteiger partial charge in [-0.15, -0.1) is 0 Å². The summed E-state index contributed by atoms with van der Waals surface area (Å²) in [5.74, 6) is -0.161. The summed E-state index contributed by atoms with van der Waals surface area (Å²) >= 11 is 0. The first kappa shape index (κ1) is 63.3. The minimum atomic E-state index is -0.557. The van der Waals surface area contributed by atoms with Crippen molar-refractivity contribution < 1.29 is 38.6 Å². The zero-order chi connectivity index (χ0) is 62.5. The standard InChI is InChI=1S/C12H17N3O.C11H15N3O.C10H13N3O2.C10H13N3O.C9H11N3O.C9H10N2O2/c1-12(2)11(16)14-9-7-8(13-3)5-6-10(9)15(12)4;1-11(2)10(15)13-9-6-7(12-3)4-5-8(9)14-11;1-11-6-2-3-7-8(4-6)13-10(15)9(5-14)12-7;1-11-7-3-4-9-8(5-7)12-10(14)6-13(9)2;1-10-6-2-3-7-8(4-6)12-9(13)5-11-7;1-10-7-3-2-6-5-13-9(12)11-8(6)4-7/h5-7,13H,1-4H3,(H,14,16);4-6,12,14H,1-3H3,(H,13,15);2-4,9,11-12,14H,5H2,1H3,(H,13,15);3-5,11H,6H2,1-2H3,(H,12,14);2-4,10-11H,5H2,1H3,(H,12,13);2-4,10H,5H2,1H3,(H,11,12). The number of cyclic esters (lactones) is 1. The lowest BCUT2D eigenvalue weighted by Crippen LogP contribution is -2.54. The number of amides is 6. The molecule has 0 saturated carbocycles. The second kappa shape index (κ2) is 27.9. The molecule has 25 heteroatoms. The number of likely N-dealkylation sites (N-methyl/N-ethyl adjacent to an activating group) is 2. The van der Waals surface area contributed by atoms with Crippen molar-refractivity contribution in [2.24, 2.45) is 0 Å². The van der Waals surface area contributed by atoms with E-state index < -0.39 is 17.1 Å². The van der Waals surface area contributed by atoms with Crippen LogP contribution in [0.25, 0.3) is 0 Å². The van der Waals surface area contributed by atoms with E-state index >= 15 is 0 Å². The normalized spacial score (nSPS) is 16.3. The number of aliphatic hydroxyl groups excluding tert-OH is 1. The highest BCUT2D eigenvalue weighted by Crippen LogP contribution is 2.38. The number of hydrogen-bond donors (Lipinski definition) is 16. The third-order valence-electron chi connectivity index (χ3n) is 14.6. The largest absolute Gasteiger partial charge is 0.444 e. The van der Waals surface area contributed by atoms with Crippen LogP contribution in [0.2, 0.25) is 0 Å². The van der Waals surface area contributed by atoms with Crippen LogP contribution in [-0.4, -0.2) is 134 Å². The Kier molecular flexibility index (Phi) is 20.5. The Hall–Kier alpha value is -10.3. The summed E-state index contributed by atoms with van der Waals surface area (Å²) < 4.78 is 4.81. The van der Waals surface area contributed by atoms with E-state index in [4.69, 9.17) is 9.84 Å². The van der Waals surface area contributed by atoms with Gasteiger partial charge in [0.15, 0.2) is 0 Å². The molecule has 86 heavy (non-hydrogen) atoms. The highest BCUT2D eigenvalue weighted by Gasteiger charge is 2.38. The van der Waals surface area contributed by atoms with Gasteiger partial charge in [0, 0.05) is 96.1 Å². The van der Waals surface area contributed by atoms with E-state index in [2.05, 4.69) is 79.8 Å². The van der Waals surface area contributed by atoms with Gasteiger partial charge in [0.1, 0.15) is 23.7 Å². The minimum Gasteiger partial charge on any atom is -0.444 e. The van der Waals surface area contributed by atoms with Crippen LogP contribution < -0.4 is 89.6 Å². The lowest BCUT2D eigenvalue weighted by molar-refractivity contribution is -0.120. The van der Waals surface area contributed by atoms with Gasteiger partial charge in [-0.3, -0.25) is 29.3 Å². The number of nitrogens with one attached hydrogen (secondary N) is 15. The predicted octanol–water partition coefficient (Wildman–Crippen LogP) is 8.22. The number of rotatable bonds is 7. The molecule has 6 heterocycles. The van der Waals surface area contributed by atoms with Gasteiger partial charge >= 0.3 is 6.09 Å². The summed E-state index contributed by atoms with van der Waals surface area (Å²) in [6.45, 7) is 8.46. The molecule has 0 radical (unpaired) electrons. The molecule has 0 aliphatic carbocycles. The van der Waals surface area contributed by atoms with E-state index in [-0.39, 0.29) is 42.2 Å². The molecule has 1 unspecified atom stereocenters. The summed E-state index contributed by atoms with van der Waals surface area (Å²) in [6, 6.07) is 34.4. The predicted molar refractivity (Wildman–Crippen MR) is 349 cm³/mol. The van der Waals surface area contributed by atoms with Crippen LogP contribution in [0, 0.1) is 0 Å². The second-order valence-electron chi connectivity index (χ2n) is 21.3. The van der Waals surface area contributed by atoms with Crippen molar-refractivity contribution in [1.82, 2.24) is 0 Å². The highest BCUT2D eigenvalue weighted by atomic mass is 16.5. The Bertz CT molecular complexity index is 3410. The second-order valence-corrected chi connectivity index (χ2v) is 21.3. The van der Waals surface area contributed by atoms with E-state index in [1.54, 1.807) is 0 Å². The smallest absolute Gasteiger partial charge is 0.411 e. The molecule has 16 N–H and O–H groups in total. The van der Waals surface area contributed by atoms with Crippen molar-refractivity contribution >= 4 is 132 Å². The zero-order valence-electron chi connectivity index (χ0n) is 50.5. The van der Waals surface area contributed by atoms with Crippen LogP contribution in [0.5, 0.6) is 0 Å². The van der Waals surface area contributed by atoms with Gasteiger partial charge in [0.05, 0.1) is 82.3 Å².